The summed E-state index contributed by atoms with van der Waals surface area (Å²) in [6.07, 6.45) is 5.11. The first kappa shape index (κ1) is 11.0. The molecule has 0 saturated heterocycles. The Hall–Kier alpha value is -2.09. The van der Waals surface area contributed by atoms with Crippen molar-refractivity contribution >= 4 is 11.4 Å². The Morgan fingerprint density at radius 1 is 1.67 bits per heavy atom. The highest BCUT2D eigenvalue weighted by Crippen LogP contribution is 2.27. The van der Waals surface area contributed by atoms with Crippen molar-refractivity contribution in [1.29, 1.82) is 0 Å². The van der Waals surface area contributed by atoms with E-state index in [4.69, 9.17) is 6.42 Å². The minimum Gasteiger partial charge on any atom is -0.366 e. The van der Waals surface area contributed by atoms with Crippen molar-refractivity contribution < 1.29 is 9.31 Å². The predicted octanol–water partition coefficient (Wildman–Crippen LogP) is 2.17. The molecule has 0 radical (unpaired) electrons. The summed E-state index contributed by atoms with van der Waals surface area (Å²) in [6.45, 7) is 1.65. The molecule has 0 aliphatic carbocycles. The average Bonchev–Trinajstić information content (AvgIpc) is 2.17. The van der Waals surface area contributed by atoms with Crippen molar-refractivity contribution in [2.24, 2.45) is 0 Å². The average molecular weight is 208 g/mol. The number of halogens is 1. The maximum absolute atomic E-state index is 13.1. The number of nitro groups is 1. The summed E-state index contributed by atoms with van der Waals surface area (Å²) in [6, 6.07) is 3.43. The Balaban J connectivity index is 3.13. The highest BCUT2D eigenvalue weighted by atomic mass is 19.1. The van der Waals surface area contributed by atoms with Gasteiger partial charge >= 0.3 is 5.69 Å². The lowest BCUT2D eigenvalue weighted by molar-refractivity contribution is -0.386. The molecule has 1 aromatic carbocycles. The lowest BCUT2D eigenvalue weighted by atomic mass is 10.2. The molecular formula is C10H9FN2O2. The van der Waals surface area contributed by atoms with Crippen LogP contribution >= 0.6 is 0 Å². The third kappa shape index (κ3) is 2.44. The predicted molar refractivity (Wildman–Crippen MR) is 55.0 cm³/mol. The van der Waals surface area contributed by atoms with Gasteiger partial charge < -0.3 is 5.32 Å². The van der Waals surface area contributed by atoms with E-state index in [1.807, 2.05) is 0 Å². The van der Waals surface area contributed by atoms with Gasteiger partial charge in [-0.2, -0.15) is 4.39 Å². The number of nitrogens with one attached hydrogen (secondary N) is 1. The van der Waals surface area contributed by atoms with Gasteiger partial charge in [-0.25, -0.2) is 0 Å². The number of rotatable bonds is 3. The second kappa shape index (κ2) is 4.42. The molecule has 0 saturated carbocycles. The molecule has 78 valence electrons. The van der Waals surface area contributed by atoms with Crippen LogP contribution in [0.1, 0.15) is 6.92 Å². The lowest BCUT2D eigenvalue weighted by Crippen LogP contribution is -2.13. The number of terminal acetylenes is 1. The van der Waals surface area contributed by atoms with Crippen molar-refractivity contribution in [1.82, 2.24) is 0 Å². The molecule has 1 atom stereocenters. The van der Waals surface area contributed by atoms with Gasteiger partial charge in [0.25, 0.3) is 0 Å². The topological polar surface area (TPSA) is 55.2 Å². The standard InChI is InChI=1S/C10H9FN2O2/c1-3-7(2)12-9-6-4-5-8(11)10(9)13(14)15/h1,4-7,12H,2H3. The van der Waals surface area contributed by atoms with E-state index in [1.54, 1.807) is 6.92 Å². The number of hydrogen-bond acceptors (Lipinski definition) is 3. The quantitative estimate of drug-likeness (QED) is 0.470. The van der Waals surface area contributed by atoms with Crippen LogP contribution in [0.4, 0.5) is 15.8 Å². The largest absolute Gasteiger partial charge is 0.366 e. The molecule has 1 aromatic rings. The van der Waals surface area contributed by atoms with E-state index in [1.165, 1.54) is 12.1 Å². The number of para-hydroxylation sites is 1. The smallest absolute Gasteiger partial charge is 0.327 e. The van der Waals surface area contributed by atoms with Gasteiger partial charge in [-0.05, 0) is 19.1 Å². The van der Waals surface area contributed by atoms with Crippen LogP contribution in [0.2, 0.25) is 0 Å². The van der Waals surface area contributed by atoms with Gasteiger partial charge in [0.1, 0.15) is 5.69 Å². The molecule has 0 heterocycles. The molecule has 0 spiro atoms. The monoisotopic (exact) mass is 208 g/mol. The summed E-state index contributed by atoms with van der Waals surface area (Å²) in [7, 11) is 0. The maximum atomic E-state index is 13.1. The van der Waals surface area contributed by atoms with E-state index in [0.717, 1.165) is 6.07 Å². The molecule has 0 aliphatic rings. The molecule has 0 fully saturated rings. The number of nitro benzene ring substituents is 1. The second-order valence-electron chi connectivity index (χ2n) is 2.93. The van der Waals surface area contributed by atoms with Gasteiger partial charge in [-0.1, -0.05) is 12.0 Å². The highest BCUT2D eigenvalue weighted by Gasteiger charge is 2.20. The summed E-state index contributed by atoms with van der Waals surface area (Å²) in [5.74, 6) is 1.46. The van der Waals surface area contributed by atoms with E-state index >= 15 is 0 Å². The summed E-state index contributed by atoms with van der Waals surface area (Å²) >= 11 is 0. The van der Waals surface area contributed by atoms with E-state index < -0.39 is 22.5 Å². The summed E-state index contributed by atoms with van der Waals surface area (Å²) in [4.78, 5) is 9.81. The molecule has 1 unspecified atom stereocenters. The zero-order valence-electron chi connectivity index (χ0n) is 8.03. The fraction of sp³-hybridized carbons (Fsp3) is 0.200. The van der Waals surface area contributed by atoms with Crippen molar-refractivity contribution in [3.63, 3.8) is 0 Å². The minimum atomic E-state index is -0.880. The van der Waals surface area contributed by atoms with Gasteiger partial charge in [0, 0.05) is 0 Å². The van der Waals surface area contributed by atoms with Crippen molar-refractivity contribution in [2.45, 2.75) is 13.0 Å². The van der Waals surface area contributed by atoms with Crippen LogP contribution < -0.4 is 5.32 Å². The van der Waals surface area contributed by atoms with Crippen molar-refractivity contribution in [3.05, 3.63) is 34.1 Å². The van der Waals surface area contributed by atoms with Crippen LogP contribution in [0.5, 0.6) is 0 Å². The molecule has 0 aromatic heterocycles. The minimum absolute atomic E-state index is 0.0884. The molecule has 5 heteroatoms. The van der Waals surface area contributed by atoms with Gasteiger partial charge in [0.05, 0.1) is 11.0 Å². The lowest BCUT2D eigenvalue weighted by Gasteiger charge is -2.09. The highest BCUT2D eigenvalue weighted by molar-refractivity contribution is 5.62. The van der Waals surface area contributed by atoms with E-state index in [0.29, 0.717) is 0 Å². The van der Waals surface area contributed by atoms with E-state index in [-0.39, 0.29) is 5.69 Å². The SMILES string of the molecule is C#CC(C)Nc1cccc(F)c1[N+](=O)[O-]. The molecule has 0 aliphatic heterocycles. The molecule has 4 nitrogen and oxygen atoms in total. The van der Waals surface area contributed by atoms with Gasteiger partial charge in [-0.15, -0.1) is 6.42 Å². The molecule has 15 heavy (non-hydrogen) atoms. The normalized spacial score (nSPS) is 11.5. The summed E-state index contributed by atoms with van der Waals surface area (Å²) in [5.41, 5.74) is -0.495. The zero-order chi connectivity index (χ0) is 11.4. The molecule has 0 bridgehead atoms. The van der Waals surface area contributed by atoms with Gasteiger partial charge in [0.2, 0.25) is 5.82 Å². The van der Waals surface area contributed by atoms with Crippen molar-refractivity contribution in [2.75, 3.05) is 5.32 Å². The molecule has 1 rings (SSSR count). The number of benzene rings is 1. The van der Waals surface area contributed by atoms with Crippen LogP contribution in [-0.2, 0) is 0 Å². The Morgan fingerprint density at radius 2 is 2.33 bits per heavy atom. The number of hydrogen-bond donors (Lipinski definition) is 1. The molecular weight excluding hydrogens is 199 g/mol. The van der Waals surface area contributed by atoms with E-state index in [2.05, 4.69) is 11.2 Å². The Kier molecular flexibility index (Phi) is 3.24. The number of anilines is 1. The summed E-state index contributed by atoms with van der Waals surface area (Å²) < 4.78 is 13.1. The maximum Gasteiger partial charge on any atom is 0.327 e. The second-order valence-corrected chi connectivity index (χ2v) is 2.93. The third-order valence-electron chi connectivity index (χ3n) is 1.79. The fourth-order valence-corrected chi connectivity index (χ4v) is 1.09. The molecule has 1 N–H and O–H groups in total. The van der Waals surface area contributed by atoms with Crippen molar-refractivity contribution in [3.8, 4) is 12.3 Å². The first-order chi connectivity index (χ1) is 7.06. The van der Waals surface area contributed by atoms with Crippen LogP contribution in [0, 0.1) is 28.3 Å². The first-order valence-corrected chi connectivity index (χ1v) is 4.22. The van der Waals surface area contributed by atoms with Gasteiger partial charge in [0.15, 0.2) is 0 Å². The fourth-order valence-electron chi connectivity index (χ4n) is 1.09. The molecule has 0 amide bonds. The zero-order valence-corrected chi connectivity index (χ0v) is 8.03. The summed E-state index contributed by atoms with van der Waals surface area (Å²) in [5, 5.41) is 13.3. The van der Waals surface area contributed by atoms with Crippen LogP contribution in [0.3, 0.4) is 0 Å². The van der Waals surface area contributed by atoms with Gasteiger partial charge in [-0.3, -0.25) is 10.1 Å². The Morgan fingerprint density at radius 3 is 2.87 bits per heavy atom. The number of nitrogens with zero attached hydrogens (tertiary/aromatic N) is 1. The van der Waals surface area contributed by atoms with Crippen LogP contribution in [0.25, 0.3) is 0 Å². The van der Waals surface area contributed by atoms with E-state index in [9.17, 15) is 14.5 Å². The third-order valence-corrected chi connectivity index (χ3v) is 1.79. The van der Waals surface area contributed by atoms with Crippen LogP contribution in [0.15, 0.2) is 18.2 Å². The Labute approximate surface area is 86.3 Å². The first-order valence-electron chi connectivity index (χ1n) is 4.22. The Bertz CT molecular complexity index is 426. The van der Waals surface area contributed by atoms with Crippen LogP contribution in [-0.4, -0.2) is 11.0 Å².